The molecule has 3 rings (SSSR count). The molecule has 1 aromatic rings. The molecule has 2 fully saturated rings. The van der Waals surface area contributed by atoms with Gasteiger partial charge in [0.1, 0.15) is 5.78 Å². The summed E-state index contributed by atoms with van der Waals surface area (Å²) in [5.74, 6) is 1.38. The molecule has 2 aliphatic carbocycles. The van der Waals surface area contributed by atoms with Gasteiger partial charge in [-0.1, -0.05) is 29.3 Å². The molecular formula is C15H17Cl2NO. The van der Waals surface area contributed by atoms with Crippen molar-refractivity contribution in [3.05, 3.63) is 33.8 Å². The van der Waals surface area contributed by atoms with Crippen LogP contribution in [0.1, 0.15) is 24.8 Å². The number of benzene rings is 1. The normalized spacial score (nSPS) is 32.8. The first-order chi connectivity index (χ1) is 9.06. The number of rotatable bonds is 3. The van der Waals surface area contributed by atoms with Crippen LogP contribution in [-0.2, 0) is 11.2 Å². The van der Waals surface area contributed by atoms with Gasteiger partial charge in [-0.3, -0.25) is 4.79 Å². The standard InChI is InChI=1S/C15H17Cl2NO/c16-11-4-1-8(5-12(11)17)6-13(19)14-9-2-3-10(7-9)15(14)18/h1,4-5,9-10,14-15H,2-3,6-7,18H2. The number of hydrogen-bond acceptors (Lipinski definition) is 2. The van der Waals surface area contributed by atoms with Crippen molar-refractivity contribution >= 4 is 29.0 Å². The first-order valence-corrected chi connectivity index (χ1v) is 7.54. The van der Waals surface area contributed by atoms with Crippen LogP contribution in [0.25, 0.3) is 0 Å². The third-order valence-electron chi connectivity index (χ3n) is 4.71. The molecule has 4 unspecified atom stereocenters. The quantitative estimate of drug-likeness (QED) is 0.928. The molecule has 2 saturated carbocycles. The maximum atomic E-state index is 12.5. The number of nitrogens with two attached hydrogens (primary N) is 1. The Labute approximate surface area is 123 Å². The Morgan fingerprint density at radius 1 is 1.21 bits per heavy atom. The van der Waals surface area contributed by atoms with Crippen molar-refractivity contribution in [2.24, 2.45) is 23.5 Å². The van der Waals surface area contributed by atoms with Crippen molar-refractivity contribution in [1.29, 1.82) is 0 Å². The second-order valence-corrected chi connectivity index (χ2v) is 6.64. The molecule has 2 nitrogen and oxygen atoms in total. The Hall–Kier alpha value is -0.570. The molecule has 2 bridgehead atoms. The summed E-state index contributed by atoms with van der Waals surface area (Å²) in [5, 5.41) is 1.03. The number of fused-ring (bicyclic) bond motifs is 2. The van der Waals surface area contributed by atoms with E-state index in [9.17, 15) is 4.79 Å². The van der Waals surface area contributed by atoms with Crippen molar-refractivity contribution < 1.29 is 4.79 Å². The number of carbonyl (C=O) groups is 1. The first kappa shape index (κ1) is 13.4. The Balaban J connectivity index is 1.73. The Bertz CT molecular complexity index is 515. The zero-order valence-corrected chi connectivity index (χ0v) is 12.1. The van der Waals surface area contributed by atoms with Crippen molar-refractivity contribution in [3.63, 3.8) is 0 Å². The molecule has 0 amide bonds. The molecule has 19 heavy (non-hydrogen) atoms. The minimum atomic E-state index is 0.0493. The van der Waals surface area contributed by atoms with E-state index in [2.05, 4.69) is 0 Å². The average Bonchev–Trinajstić information content (AvgIpc) is 2.94. The summed E-state index contributed by atoms with van der Waals surface area (Å²) < 4.78 is 0. The second kappa shape index (κ2) is 5.08. The second-order valence-electron chi connectivity index (χ2n) is 5.83. The van der Waals surface area contributed by atoms with Crippen LogP contribution in [0.2, 0.25) is 10.0 Å². The highest BCUT2D eigenvalue weighted by Gasteiger charge is 2.48. The third kappa shape index (κ3) is 2.42. The minimum Gasteiger partial charge on any atom is -0.327 e. The molecule has 0 heterocycles. The predicted molar refractivity (Wildman–Crippen MR) is 77.5 cm³/mol. The van der Waals surface area contributed by atoms with E-state index in [1.807, 2.05) is 6.07 Å². The molecule has 0 aromatic heterocycles. The van der Waals surface area contributed by atoms with Gasteiger partial charge in [0.15, 0.2) is 0 Å². The van der Waals surface area contributed by atoms with Crippen molar-refractivity contribution in [2.45, 2.75) is 31.7 Å². The lowest BCUT2D eigenvalue weighted by atomic mass is 9.80. The highest BCUT2D eigenvalue weighted by Crippen LogP contribution is 2.48. The SMILES string of the molecule is NC1C2CCC(C2)C1C(=O)Cc1ccc(Cl)c(Cl)c1. The Kier molecular flexibility index (Phi) is 3.59. The zero-order chi connectivity index (χ0) is 13.6. The maximum absolute atomic E-state index is 12.5. The van der Waals surface area contributed by atoms with Gasteiger partial charge in [0.25, 0.3) is 0 Å². The van der Waals surface area contributed by atoms with Gasteiger partial charge in [-0.05, 0) is 48.8 Å². The molecule has 4 heteroatoms. The molecule has 0 saturated heterocycles. The van der Waals surface area contributed by atoms with E-state index in [0.717, 1.165) is 18.4 Å². The van der Waals surface area contributed by atoms with Crippen LogP contribution < -0.4 is 5.73 Å². The summed E-state index contributed by atoms with van der Waals surface area (Å²) in [6.45, 7) is 0. The number of halogens is 2. The molecule has 4 atom stereocenters. The van der Waals surface area contributed by atoms with Gasteiger partial charge in [-0.15, -0.1) is 0 Å². The Morgan fingerprint density at radius 2 is 1.95 bits per heavy atom. The lowest BCUT2D eigenvalue weighted by Gasteiger charge is -2.26. The van der Waals surface area contributed by atoms with Gasteiger partial charge < -0.3 is 5.73 Å². The predicted octanol–water partition coefficient (Wildman–Crippen LogP) is 3.48. The van der Waals surface area contributed by atoms with Gasteiger partial charge >= 0.3 is 0 Å². The lowest BCUT2D eigenvalue weighted by molar-refractivity contribution is -0.124. The number of ketones is 1. The highest BCUT2D eigenvalue weighted by molar-refractivity contribution is 6.42. The summed E-state index contributed by atoms with van der Waals surface area (Å²) in [4.78, 5) is 12.5. The van der Waals surface area contributed by atoms with Crippen LogP contribution >= 0.6 is 23.2 Å². The molecule has 0 aliphatic heterocycles. The van der Waals surface area contributed by atoms with Crippen LogP contribution in [0.4, 0.5) is 0 Å². The van der Waals surface area contributed by atoms with Gasteiger partial charge in [0, 0.05) is 18.4 Å². The third-order valence-corrected chi connectivity index (χ3v) is 5.45. The molecule has 0 radical (unpaired) electrons. The van der Waals surface area contributed by atoms with Crippen LogP contribution in [0.15, 0.2) is 18.2 Å². The molecular weight excluding hydrogens is 281 g/mol. The Morgan fingerprint density at radius 3 is 2.58 bits per heavy atom. The number of Topliss-reactive ketones (excluding diaryl/α,β-unsaturated/α-hetero) is 1. The summed E-state index contributed by atoms with van der Waals surface area (Å²) in [6, 6.07) is 5.45. The average molecular weight is 298 g/mol. The van der Waals surface area contributed by atoms with E-state index < -0.39 is 0 Å². The van der Waals surface area contributed by atoms with Crippen LogP contribution in [0.5, 0.6) is 0 Å². The van der Waals surface area contributed by atoms with E-state index in [1.165, 1.54) is 6.42 Å². The fourth-order valence-corrected chi connectivity index (χ4v) is 4.10. The molecule has 102 valence electrons. The lowest BCUT2D eigenvalue weighted by Crippen LogP contribution is -2.40. The topological polar surface area (TPSA) is 43.1 Å². The van der Waals surface area contributed by atoms with E-state index in [-0.39, 0.29) is 17.7 Å². The summed E-state index contributed by atoms with van der Waals surface area (Å²) in [7, 11) is 0. The maximum Gasteiger partial charge on any atom is 0.142 e. The minimum absolute atomic E-state index is 0.0493. The first-order valence-electron chi connectivity index (χ1n) is 6.78. The van der Waals surface area contributed by atoms with Crippen LogP contribution in [0, 0.1) is 17.8 Å². The van der Waals surface area contributed by atoms with E-state index in [0.29, 0.717) is 28.3 Å². The van der Waals surface area contributed by atoms with Gasteiger partial charge in [0.05, 0.1) is 10.0 Å². The van der Waals surface area contributed by atoms with Gasteiger partial charge in [0.2, 0.25) is 0 Å². The van der Waals surface area contributed by atoms with Gasteiger partial charge in [-0.2, -0.15) is 0 Å². The molecule has 2 N–H and O–H groups in total. The molecule has 0 spiro atoms. The summed E-state index contributed by atoms with van der Waals surface area (Å²) in [6.07, 6.45) is 3.91. The van der Waals surface area contributed by atoms with Crippen molar-refractivity contribution in [3.8, 4) is 0 Å². The summed E-state index contributed by atoms with van der Waals surface area (Å²) >= 11 is 11.9. The van der Waals surface area contributed by atoms with Crippen LogP contribution in [-0.4, -0.2) is 11.8 Å². The highest BCUT2D eigenvalue weighted by atomic mass is 35.5. The smallest absolute Gasteiger partial charge is 0.142 e. The fraction of sp³-hybridized carbons (Fsp3) is 0.533. The van der Waals surface area contributed by atoms with Crippen molar-refractivity contribution in [1.82, 2.24) is 0 Å². The number of carbonyl (C=O) groups excluding carboxylic acids is 1. The molecule has 1 aromatic carbocycles. The number of hydrogen-bond donors (Lipinski definition) is 1. The van der Waals surface area contributed by atoms with Gasteiger partial charge in [-0.25, -0.2) is 0 Å². The van der Waals surface area contributed by atoms with E-state index >= 15 is 0 Å². The van der Waals surface area contributed by atoms with Crippen LogP contribution in [0.3, 0.4) is 0 Å². The van der Waals surface area contributed by atoms with Crippen molar-refractivity contribution in [2.75, 3.05) is 0 Å². The van der Waals surface area contributed by atoms with E-state index in [1.54, 1.807) is 12.1 Å². The molecule has 2 aliphatic rings. The van der Waals surface area contributed by atoms with E-state index in [4.69, 9.17) is 28.9 Å². The summed E-state index contributed by atoms with van der Waals surface area (Å²) in [5.41, 5.74) is 7.13. The largest absolute Gasteiger partial charge is 0.327 e. The monoisotopic (exact) mass is 297 g/mol. The fourth-order valence-electron chi connectivity index (χ4n) is 3.78. The zero-order valence-electron chi connectivity index (χ0n) is 10.6.